The van der Waals surface area contributed by atoms with E-state index in [1.165, 1.54) is 0 Å². The molecular weight excluding hydrogens is 324 g/mol. The summed E-state index contributed by atoms with van der Waals surface area (Å²) < 4.78 is 8.45. The summed E-state index contributed by atoms with van der Waals surface area (Å²) in [4.78, 5) is 0. The van der Waals surface area contributed by atoms with Crippen LogP contribution in [-0.2, 0) is 7.05 Å². The molecule has 0 bridgehead atoms. The van der Waals surface area contributed by atoms with Crippen LogP contribution in [0.3, 0.4) is 0 Å². The molecule has 1 aromatic heterocycles. The van der Waals surface area contributed by atoms with Crippen molar-refractivity contribution in [3.05, 3.63) is 39.6 Å². The molecule has 0 aliphatic rings. The van der Waals surface area contributed by atoms with Gasteiger partial charge in [0.25, 0.3) is 0 Å². The minimum Gasteiger partial charge on any atom is -0.453 e. The van der Waals surface area contributed by atoms with Gasteiger partial charge in [-0.15, -0.1) is 0 Å². The lowest BCUT2D eigenvalue weighted by Crippen LogP contribution is -2.14. The maximum atomic E-state index is 8.86. The smallest absolute Gasteiger partial charge is 0.173 e. The van der Waals surface area contributed by atoms with Crippen LogP contribution in [0.5, 0.6) is 11.5 Å². The first-order valence-electron chi connectivity index (χ1n) is 5.89. The van der Waals surface area contributed by atoms with Gasteiger partial charge in [0, 0.05) is 11.5 Å². The number of nitrogens with zero attached hydrogens (tertiary/aromatic N) is 3. The molecule has 0 saturated carbocycles. The Kier molecular flexibility index (Phi) is 3.99. The zero-order valence-electron chi connectivity index (χ0n) is 11.4. The summed E-state index contributed by atoms with van der Waals surface area (Å²) in [6.45, 7) is 3.78. The number of rotatable bonds is 3. The number of aryl methyl sites for hydroxylation is 2. The quantitative estimate of drug-likeness (QED) is 0.390. The molecule has 2 aromatic rings. The van der Waals surface area contributed by atoms with Gasteiger partial charge in [-0.05, 0) is 32.0 Å². The fraction of sp³-hybridized carbons (Fsp3) is 0.231. The zero-order chi connectivity index (χ0) is 14.9. The summed E-state index contributed by atoms with van der Waals surface area (Å²) in [7, 11) is 1.85. The largest absolute Gasteiger partial charge is 0.453 e. The van der Waals surface area contributed by atoms with Crippen molar-refractivity contribution in [2.75, 3.05) is 0 Å². The van der Waals surface area contributed by atoms with Gasteiger partial charge >= 0.3 is 0 Å². The van der Waals surface area contributed by atoms with Gasteiger partial charge in [-0.1, -0.05) is 21.1 Å². The van der Waals surface area contributed by atoms with Gasteiger partial charge in [0.15, 0.2) is 11.6 Å². The maximum Gasteiger partial charge on any atom is 0.173 e. The summed E-state index contributed by atoms with van der Waals surface area (Å²) in [6.07, 6.45) is 0. The number of hydrogen-bond donors (Lipinski definition) is 2. The van der Waals surface area contributed by atoms with Crippen molar-refractivity contribution in [1.82, 2.24) is 9.78 Å². The molecule has 1 heterocycles. The Morgan fingerprint density at radius 2 is 2.15 bits per heavy atom. The van der Waals surface area contributed by atoms with E-state index < -0.39 is 0 Å². The first kappa shape index (κ1) is 14.4. The van der Waals surface area contributed by atoms with Crippen LogP contribution in [0.1, 0.15) is 17.0 Å². The van der Waals surface area contributed by atoms with Crippen LogP contribution in [0, 0.1) is 13.8 Å². The second-order valence-electron chi connectivity index (χ2n) is 4.35. The molecule has 0 spiro atoms. The lowest BCUT2D eigenvalue weighted by Gasteiger charge is -2.11. The van der Waals surface area contributed by atoms with E-state index >= 15 is 0 Å². The number of hydrogen-bond acceptors (Lipinski definition) is 4. The van der Waals surface area contributed by atoms with Crippen LogP contribution < -0.4 is 10.5 Å². The van der Waals surface area contributed by atoms with Crippen LogP contribution >= 0.6 is 15.9 Å². The average Bonchev–Trinajstić information content (AvgIpc) is 2.66. The topological polar surface area (TPSA) is 85.7 Å². The highest BCUT2D eigenvalue weighted by molar-refractivity contribution is 9.10. The zero-order valence-corrected chi connectivity index (χ0v) is 13.0. The maximum absolute atomic E-state index is 8.86. The second-order valence-corrected chi connectivity index (χ2v) is 5.27. The van der Waals surface area contributed by atoms with Crippen molar-refractivity contribution in [2.24, 2.45) is 17.9 Å². The second kappa shape index (κ2) is 5.54. The molecule has 1 aromatic carbocycles. The van der Waals surface area contributed by atoms with E-state index in [-0.39, 0.29) is 5.84 Å². The minimum absolute atomic E-state index is 0.0134. The third-order valence-electron chi connectivity index (χ3n) is 2.98. The molecule has 0 aliphatic carbocycles. The first-order valence-corrected chi connectivity index (χ1v) is 6.68. The molecular formula is C13H15BrN4O2. The number of benzene rings is 1. The van der Waals surface area contributed by atoms with E-state index in [4.69, 9.17) is 15.7 Å². The van der Waals surface area contributed by atoms with Gasteiger partial charge < -0.3 is 15.7 Å². The first-order chi connectivity index (χ1) is 9.43. The molecule has 0 radical (unpaired) electrons. The van der Waals surface area contributed by atoms with Gasteiger partial charge in [-0.25, -0.2) is 0 Å². The molecule has 0 saturated heterocycles. The molecule has 0 unspecified atom stereocenters. The number of halogens is 1. The van der Waals surface area contributed by atoms with Crippen LogP contribution in [0.2, 0.25) is 0 Å². The SMILES string of the molecule is Cc1nn(C)c(C)c1Oc1ccc(Br)cc1/C(N)=N/O. The Bertz CT molecular complexity index is 679. The summed E-state index contributed by atoms with van der Waals surface area (Å²) in [5.41, 5.74) is 7.86. The van der Waals surface area contributed by atoms with E-state index in [0.717, 1.165) is 15.9 Å². The summed E-state index contributed by atoms with van der Waals surface area (Å²) in [5.74, 6) is 1.16. The van der Waals surface area contributed by atoms with Crippen molar-refractivity contribution in [3.8, 4) is 11.5 Å². The molecule has 0 atom stereocenters. The highest BCUT2D eigenvalue weighted by Gasteiger charge is 2.15. The molecule has 3 N–H and O–H groups in total. The predicted octanol–water partition coefficient (Wildman–Crippen LogP) is 2.69. The molecule has 6 nitrogen and oxygen atoms in total. The standard InChI is InChI=1S/C13H15BrN4O2/c1-7-12(8(2)18(3)16-7)20-11-5-4-9(14)6-10(11)13(15)17-19/h4-6,19H,1-3H3,(H2,15,17). The number of amidine groups is 1. The average molecular weight is 339 g/mol. The summed E-state index contributed by atoms with van der Waals surface area (Å²) in [5, 5.41) is 16.2. The Balaban J connectivity index is 2.48. The fourth-order valence-electron chi connectivity index (χ4n) is 1.86. The van der Waals surface area contributed by atoms with E-state index in [1.807, 2.05) is 27.0 Å². The Labute approximate surface area is 125 Å². The molecule has 0 amide bonds. The molecule has 20 heavy (non-hydrogen) atoms. The highest BCUT2D eigenvalue weighted by Crippen LogP contribution is 2.31. The van der Waals surface area contributed by atoms with E-state index in [2.05, 4.69) is 26.2 Å². The Hall–Kier alpha value is -2.02. The van der Waals surface area contributed by atoms with Crippen LogP contribution in [0.4, 0.5) is 0 Å². The van der Waals surface area contributed by atoms with Crippen LogP contribution in [-0.4, -0.2) is 20.8 Å². The summed E-state index contributed by atoms with van der Waals surface area (Å²) >= 11 is 3.35. The lowest BCUT2D eigenvalue weighted by molar-refractivity contribution is 0.318. The van der Waals surface area contributed by atoms with E-state index in [0.29, 0.717) is 17.1 Å². The minimum atomic E-state index is -0.0134. The molecule has 0 aliphatic heterocycles. The molecule has 0 fully saturated rings. The van der Waals surface area contributed by atoms with E-state index in [1.54, 1.807) is 16.8 Å². The summed E-state index contributed by atoms with van der Waals surface area (Å²) in [6, 6.07) is 5.30. The van der Waals surface area contributed by atoms with Gasteiger partial charge in [0.2, 0.25) is 0 Å². The third-order valence-corrected chi connectivity index (χ3v) is 3.47. The number of nitrogens with two attached hydrogens (primary N) is 1. The van der Waals surface area contributed by atoms with Gasteiger partial charge in [-0.3, -0.25) is 4.68 Å². The lowest BCUT2D eigenvalue weighted by atomic mass is 10.2. The van der Waals surface area contributed by atoms with Crippen molar-refractivity contribution in [1.29, 1.82) is 0 Å². The fourth-order valence-corrected chi connectivity index (χ4v) is 2.22. The van der Waals surface area contributed by atoms with E-state index in [9.17, 15) is 0 Å². The number of ether oxygens (including phenoxy) is 1. The van der Waals surface area contributed by atoms with Crippen LogP contribution in [0.15, 0.2) is 27.8 Å². The molecule has 106 valence electrons. The highest BCUT2D eigenvalue weighted by atomic mass is 79.9. The Morgan fingerprint density at radius 1 is 1.45 bits per heavy atom. The van der Waals surface area contributed by atoms with Gasteiger partial charge in [-0.2, -0.15) is 5.10 Å². The number of oxime groups is 1. The predicted molar refractivity (Wildman–Crippen MR) is 79.4 cm³/mol. The monoisotopic (exact) mass is 338 g/mol. The molecule has 7 heteroatoms. The number of aromatic nitrogens is 2. The van der Waals surface area contributed by atoms with Crippen LogP contribution in [0.25, 0.3) is 0 Å². The van der Waals surface area contributed by atoms with Gasteiger partial charge in [0.05, 0.1) is 11.3 Å². The van der Waals surface area contributed by atoms with Gasteiger partial charge in [0.1, 0.15) is 11.4 Å². The van der Waals surface area contributed by atoms with Crippen molar-refractivity contribution in [3.63, 3.8) is 0 Å². The van der Waals surface area contributed by atoms with Crippen molar-refractivity contribution in [2.45, 2.75) is 13.8 Å². The van der Waals surface area contributed by atoms with Crippen molar-refractivity contribution < 1.29 is 9.94 Å². The normalized spacial score (nSPS) is 11.7. The third kappa shape index (κ3) is 2.62. The van der Waals surface area contributed by atoms with Crippen molar-refractivity contribution >= 4 is 21.8 Å². The molecule has 2 rings (SSSR count). The Morgan fingerprint density at radius 3 is 2.70 bits per heavy atom.